The molecule has 1 aliphatic carbocycles. The lowest BCUT2D eigenvalue weighted by molar-refractivity contribution is -0.138. The number of carboxylic acid groups (broad SMARTS) is 1. The van der Waals surface area contributed by atoms with Gasteiger partial charge >= 0.3 is 5.97 Å². The number of carboxylic acids is 1. The van der Waals surface area contributed by atoms with E-state index in [9.17, 15) is 9.59 Å². The minimum absolute atomic E-state index is 0.00162. The average molecular weight is 293 g/mol. The zero-order chi connectivity index (χ0) is 14.6. The Morgan fingerprint density at radius 3 is 2.35 bits per heavy atom. The zero-order valence-corrected chi connectivity index (χ0v) is 12.3. The molecule has 0 unspecified atom stereocenters. The van der Waals surface area contributed by atoms with Crippen LogP contribution in [0, 0.1) is 0 Å². The first-order chi connectivity index (χ1) is 9.54. The molecule has 2 rings (SSSR count). The minimum Gasteiger partial charge on any atom is -0.481 e. The van der Waals surface area contributed by atoms with Crippen molar-refractivity contribution in [3.63, 3.8) is 0 Å². The van der Waals surface area contributed by atoms with E-state index < -0.39 is 11.5 Å². The molecule has 1 aliphatic rings. The Morgan fingerprint density at radius 2 is 1.85 bits per heavy atom. The van der Waals surface area contributed by atoms with E-state index in [0.717, 1.165) is 30.6 Å². The Hall–Kier alpha value is -1.49. The van der Waals surface area contributed by atoms with Crippen LogP contribution in [0.3, 0.4) is 0 Å². The van der Waals surface area contributed by atoms with E-state index in [4.69, 9.17) is 5.11 Å². The first-order valence-electron chi connectivity index (χ1n) is 6.73. The Labute approximate surface area is 123 Å². The smallest absolute Gasteiger partial charge is 0.305 e. The van der Waals surface area contributed by atoms with Crippen molar-refractivity contribution in [2.75, 3.05) is 6.26 Å². The number of benzene rings is 1. The van der Waals surface area contributed by atoms with Crippen molar-refractivity contribution < 1.29 is 14.7 Å². The van der Waals surface area contributed by atoms with Crippen LogP contribution in [-0.2, 0) is 4.79 Å². The first-order valence-corrected chi connectivity index (χ1v) is 7.95. The van der Waals surface area contributed by atoms with Gasteiger partial charge in [0.2, 0.25) is 0 Å². The summed E-state index contributed by atoms with van der Waals surface area (Å²) in [5, 5.41) is 12.0. The molecule has 0 atom stereocenters. The van der Waals surface area contributed by atoms with E-state index in [2.05, 4.69) is 5.32 Å². The molecule has 0 bridgehead atoms. The van der Waals surface area contributed by atoms with Crippen molar-refractivity contribution in [3.05, 3.63) is 29.8 Å². The highest BCUT2D eigenvalue weighted by Crippen LogP contribution is 2.33. The number of rotatable bonds is 5. The average Bonchev–Trinajstić information content (AvgIpc) is 2.86. The summed E-state index contributed by atoms with van der Waals surface area (Å²) in [5.74, 6) is -1.04. The summed E-state index contributed by atoms with van der Waals surface area (Å²) in [6, 6.07) is 7.37. The van der Waals surface area contributed by atoms with E-state index in [0.29, 0.717) is 5.56 Å². The number of amides is 1. The number of thioether (sulfide) groups is 1. The fraction of sp³-hybridized carbons (Fsp3) is 0.467. The van der Waals surface area contributed by atoms with Gasteiger partial charge in [-0.25, -0.2) is 0 Å². The van der Waals surface area contributed by atoms with Crippen molar-refractivity contribution in [3.8, 4) is 0 Å². The molecular formula is C15H19NO3S. The lowest BCUT2D eigenvalue weighted by Crippen LogP contribution is -2.47. The Morgan fingerprint density at radius 1 is 1.25 bits per heavy atom. The highest BCUT2D eigenvalue weighted by molar-refractivity contribution is 7.98. The van der Waals surface area contributed by atoms with Crippen LogP contribution in [0.2, 0.25) is 0 Å². The molecule has 0 aromatic heterocycles. The van der Waals surface area contributed by atoms with E-state index in [1.54, 1.807) is 23.9 Å². The molecular weight excluding hydrogens is 274 g/mol. The van der Waals surface area contributed by atoms with Gasteiger partial charge in [-0.1, -0.05) is 12.8 Å². The van der Waals surface area contributed by atoms with Gasteiger partial charge < -0.3 is 10.4 Å². The SMILES string of the molecule is CSc1ccc(C(=O)NC2(CC(=O)O)CCCC2)cc1. The molecule has 1 amide bonds. The lowest BCUT2D eigenvalue weighted by Gasteiger charge is -2.28. The molecule has 1 saturated carbocycles. The van der Waals surface area contributed by atoms with Gasteiger partial charge in [0.25, 0.3) is 5.91 Å². The molecule has 0 spiro atoms. The Bertz CT molecular complexity index is 492. The standard InChI is InChI=1S/C15H19NO3S/c1-20-12-6-4-11(5-7-12)14(19)16-15(10-13(17)18)8-2-3-9-15/h4-7H,2-3,8-10H2,1H3,(H,16,19)(H,17,18). The van der Waals surface area contributed by atoms with Gasteiger partial charge in [0, 0.05) is 10.5 Å². The molecule has 1 fully saturated rings. The lowest BCUT2D eigenvalue weighted by atomic mass is 9.92. The minimum atomic E-state index is -0.857. The van der Waals surface area contributed by atoms with Crippen molar-refractivity contribution in [1.82, 2.24) is 5.32 Å². The second kappa shape index (κ2) is 6.31. The molecule has 0 aliphatic heterocycles. The quantitative estimate of drug-likeness (QED) is 0.819. The summed E-state index contributed by atoms with van der Waals surface area (Å²) in [6.07, 6.45) is 5.41. The third kappa shape index (κ3) is 3.54. The number of hydrogen-bond donors (Lipinski definition) is 2. The number of carbonyl (C=O) groups excluding carboxylic acids is 1. The normalized spacial score (nSPS) is 16.9. The fourth-order valence-electron chi connectivity index (χ4n) is 2.74. The van der Waals surface area contributed by atoms with Gasteiger partial charge in [0.15, 0.2) is 0 Å². The maximum atomic E-state index is 12.3. The van der Waals surface area contributed by atoms with Crippen LogP contribution >= 0.6 is 11.8 Å². The van der Waals surface area contributed by atoms with Crippen molar-refractivity contribution >= 4 is 23.6 Å². The largest absolute Gasteiger partial charge is 0.481 e. The van der Waals surface area contributed by atoms with Crippen LogP contribution in [0.4, 0.5) is 0 Å². The maximum absolute atomic E-state index is 12.3. The summed E-state index contributed by atoms with van der Waals surface area (Å²) in [4.78, 5) is 24.4. The van der Waals surface area contributed by atoms with Crippen molar-refractivity contribution in [1.29, 1.82) is 0 Å². The third-order valence-corrected chi connectivity index (χ3v) is 4.52. The van der Waals surface area contributed by atoms with E-state index in [1.165, 1.54) is 0 Å². The van der Waals surface area contributed by atoms with Gasteiger partial charge in [-0.2, -0.15) is 0 Å². The molecule has 5 heteroatoms. The first kappa shape index (κ1) is 14.9. The molecule has 0 heterocycles. The predicted molar refractivity (Wildman–Crippen MR) is 79.1 cm³/mol. The number of hydrogen-bond acceptors (Lipinski definition) is 3. The van der Waals surface area contributed by atoms with Crippen LogP contribution in [0.25, 0.3) is 0 Å². The van der Waals surface area contributed by atoms with Crippen LogP contribution < -0.4 is 5.32 Å². The van der Waals surface area contributed by atoms with E-state index in [-0.39, 0.29) is 12.3 Å². The van der Waals surface area contributed by atoms with Crippen molar-refractivity contribution in [2.45, 2.75) is 42.5 Å². The van der Waals surface area contributed by atoms with Crippen molar-refractivity contribution in [2.24, 2.45) is 0 Å². The number of nitrogens with one attached hydrogen (secondary N) is 1. The summed E-state index contributed by atoms with van der Waals surface area (Å²) < 4.78 is 0. The zero-order valence-electron chi connectivity index (χ0n) is 11.5. The van der Waals surface area contributed by atoms with Gasteiger partial charge in [-0.3, -0.25) is 9.59 Å². The van der Waals surface area contributed by atoms with Crippen LogP contribution in [0.5, 0.6) is 0 Å². The summed E-state index contributed by atoms with van der Waals surface area (Å²) in [5.41, 5.74) is 0.0145. The van der Waals surface area contributed by atoms with Crippen LogP contribution in [0.1, 0.15) is 42.5 Å². The summed E-state index contributed by atoms with van der Waals surface area (Å²) in [6.45, 7) is 0. The Kier molecular flexibility index (Phi) is 4.70. The molecule has 4 nitrogen and oxygen atoms in total. The molecule has 0 saturated heterocycles. The fourth-order valence-corrected chi connectivity index (χ4v) is 3.15. The second-order valence-corrected chi connectivity index (χ2v) is 6.12. The third-order valence-electron chi connectivity index (χ3n) is 3.78. The molecule has 20 heavy (non-hydrogen) atoms. The maximum Gasteiger partial charge on any atom is 0.305 e. The molecule has 108 valence electrons. The topological polar surface area (TPSA) is 66.4 Å². The molecule has 1 aromatic rings. The predicted octanol–water partition coefficient (Wildman–Crippen LogP) is 2.93. The van der Waals surface area contributed by atoms with E-state index in [1.807, 2.05) is 18.4 Å². The van der Waals surface area contributed by atoms with Crippen LogP contribution in [0.15, 0.2) is 29.2 Å². The number of carbonyl (C=O) groups is 2. The summed E-state index contributed by atoms with van der Waals surface area (Å²) >= 11 is 1.62. The molecule has 0 radical (unpaired) electrons. The highest BCUT2D eigenvalue weighted by Gasteiger charge is 2.37. The van der Waals surface area contributed by atoms with Gasteiger partial charge in [-0.05, 0) is 43.4 Å². The van der Waals surface area contributed by atoms with Gasteiger partial charge in [0.1, 0.15) is 0 Å². The second-order valence-electron chi connectivity index (χ2n) is 5.24. The molecule has 2 N–H and O–H groups in total. The Balaban J connectivity index is 2.09. The monoisotopic (exact) mass is 293 g/mol. The van der Waals surface area contributed by atoms with Crippen LogP contribution in [-0.4, -0.2) is 28.8 Å². The highest BCUT2D eigenvalue weighted by atomic mass is 32.2. The van der Waals surface area contributed by atoms with E-state index >= 15 is 0 Å². The number of aliphatic carboxylic acids is 1. The van der Waals surface area contributed by atoms with Gasteiger partial charge in [0.05, 0.1) is 12.0 Å². The van der Waals surface area contributed by atoms with Gasteiger partial charge in [-0.15, -0.1) is 11.8 Å². The molecule has 1 aromatic carbocycles. The summed E-state index contributed by atoms with van der Waals surface area (Å²) in [7, 11) is 0.